The van der Waals surface area contributed by atoms with Gasteiger partial charge in [-0.2, -0.15) is 0 Å². The van der Waals surface area contributed by atoms with E-state index in [-0.39, 0.29) is 25.7 Å². The molecule has 0 bridgehead atoms. The molecule has 90 heavy (non-hydrogen) atoms. The van der Waals surface area contributed by atoms with Crippen LogP contribution in [-0.2, 0) is 65.4 Å². The molecule has 534 valence electrons. The van der Waals surface area contributed by atoms with Crippen LogP contribution in [0.25, 0.3) is 0 Å². The molecule has 0 radical (unpaired) electrons. The van der Waals surface area contributed by atoms with Crippen molar-refractivity contribution in [2.75, 3.05) is 39.6 Å². The molecule has 17 nitrogen and oxygen atoms in total. The van der Waals surface area contributed by atoms with Gasteiger partial charge in [0.15, 0.2) is 12.2 Å². The molecule has 0 aromatic rings. The van der Waals surface area contributed by atoms with Crippen LogP contribution >= 0.6 is 15.6 Å². The molecule has 0 saturated carbocycles. The Kier molecular flexibility index (Phi) is 63.0. The lowest BCUT2D eigenvalue weighted by molar-refractivity contribution is -0.161. The molecular formula is C71H138O17P2. The van der Waals surface area contributed by atoms with Crippen LogP contribution in [0.3, 0.4) is 0 Å². The number of phosphoric ester groups is 2. The number of aliphatic hydroxyl groups is 1. The molecule has 5 atom stereocenters. The molecule has 0 aliphatic carbocycles. The van der Waals surface area contributed by atoms with E-state index >= 15 is 0 Å². The van der Waals surface area contributed by atoms with Crippen molar-refractivity contribution in [1.82, 2.24) is 0 Å². The van der Waals surface area contributed by atoms with Crippen LogP contribution in [0.1, 0.15) is 369 Å². The van der Waals surface area contributed by atoms with Gasteiger partial charge in [-0.05, 0) is 31.6 Å². The second-order valence-corrected chi connectivity index (χ2v) is 29.0. The Bertz CT molecular complexity index is 1740. The summed E-state index contributed by atoms with van der Waals surface area (Å²) in [5.74, 6) is -1.32. The van der Waals surface area contributed by atoms with Crippen LogP contribution in [0, 0.1) is 5.92 Å². The lowest BCUT2D eigenvalue weighted by Crippen LogP contribution is -2.30. The highest BCUT2D eigenvalue weighted by molar-refractivity contribution is 7.47. The summed E-state index contributed by atoms with van der Waals surface area (Å²) in [7, 11) is -9.88. The predicted molar refractivity (Wildman–Crippen MR) is 363 cm³/mol. The van der Waals surface area contributed by atoms with Gasteiger partial charge >= 0.3 is 39.5 Å². The van der Waals surface area contributed by atoms with Gasteiger partial charge in [0.2, 0.25) is 0 Å². The minimum absolute atomic E-state index is 0.104. The van der Waals surface area contributed by atoms with Gasteiger partial charge in [0.05, 0.1) is 26.4 Å². The fraction of sp³-hybridized carbons (Fsp3) is 0.944. The lowest BCUT2D eigenvalue weighted by Gasteiger charge is -2.21. The quantitative estimate of drug-likeness (QED) is 0.0222. The first-order chi connectivity index (χ1) is 43.5. The predicted octanol–water partition coefficient (Wildman–Crippen LogP) is 20.5. The monoisotopic (exact) mass is 1320 g/mol. The third-order valence-electron chi connectivity index (χ3n) is 16.5. The van der Waals surface area contributed by atoms with Crippen LogP contribution in [0.2, 0.25) is 0 Å². The third-order valence-corrected chi connectivity index (χ3v) is 18.4. The molecule has 3 N–H and O–H groups in total. The number of phosphoric acid groups is 2. The van der Waals surface area contributed by atoms with Crippen LogP contribution in [0.4, 0.5) is 0 Å². The van der Waals surface area contributed by atoms with Gasteiger partial charge in [0.25, 0.3) is 0 Å². The van der Waals surface area contributed by atoms with Crippen molar-refractivity contribution in [3.8, 4) is 0 Å². The Morgan fingerprint density at radius 1 is 0.300 bits per heavy atom. The highest BCUT2D eigenvalue weighted by Gasteiger charge is 2.30. The van der Waals surface area contributed by atoms with E-state index < -0.39 is 97.5 Å². The van der Waals surface area contributed by atoms with E-state index in [1.54, 1.807) is 0 Å². The second-order valence-electron chi connectivity index (χ2n) is 26.1. The maximum absolute atomic E-state index is 13.0. The summed E-state index contributed by atoms with van der Waals surface area (Å²) in [5, 5.41) is 10.5. The van der Waals surface area contributed by atoms with Crippen LogP contribution in [0.15, 0.2) is 0 Å². The molecule has 0 aromatic carbocycles. The molecule has 0 fully saturated rings. The SMILES string of the molecule is CCCCCCCCCCCCCCCCCCC(=O)OC[C@H](COP(=O)(O)OC[C@@H](O)COP(=O)(O)OC[C@@H](COC(=O)CCCCCCC)OC(=O)CCCCCCCCCC)OC(=O)CCCCCCCCCCCCCCCCCCCCC(C)C. The van der Waals surface area contributed by atoms with E-state index in [0.717, 1.165) is 109 Å². The Labute approximate surface area is 549 Å². The average Bonchev–Trinajstić information content (AvgIpc) is 3.17. The Morgan fingerprint density at radius 2 is 0.511 bits per heavy atom. The molecule has 0 saturated heterocycles. The largest absolute Gasteiger partial charge is 0.472 e. The zero-order valence-electron chi connectivity index (χ0n) is 58.3. The molecular weight excluding hydrogens is 1190 g/mol. The highest BCUT2D eigenvalue weighted by atomic mass is 31.2. The van der Waals surface area contributed by atoms with Crippen molar-refractivity contribution in [3.05, 3.63) is 0 Å². The normalized spacial score (nSPS) is 14.1. The number of rotatable bonds is 71. The molecule has 0 aromatic heterocycles. The molecule has 0 amide bonds. The molecule has 0 spiro atoms. The molecule has 2 unspecified atom stereocenters. The van der Waals surface area contributed by atoms with Crippen molar-refractivity contribution in [2.24, 2.45) is 5.92 Å². The van der Waals surface area contributed by atoms with Crippen molar-refractivity contribution in [3.63, 3.8) is 0 Å². The number of carbonyl (C=O) groups excluding carboxylic acids is 4. The van der Waals surface area contributed by atoms with Crippen molar-refractivity contribution < 1.29 is 80.2 Å². The highest BCUT2D eigenvalue weighted by Crippen LogP contribution is 2.45. The number of aliphatic hydroxyl groups excluding tert-OH is 1. The summed E-state index contributed by atoms with van der Waals surface area (Å²) >= 11 is 0. The second kappa shape index (κ2) is 64.4. The maximum Gasteiger partial charge on any atom is 0.472 e. The summed E-state index contributed by atoms with van der Waals surface area (Å²) in [6.07, 6.45) is 52.0. The summed E-state index contributed by atoms with van der Waals surface area (Å²) in [5.41, 5.74) is 0. The van der Waals surface area contributed by atoms with E-state index in [9.17, 15) is 43.2 Å². The summed E-state index contributed by atoms with van der Waals surface area (Å²) in [4.78, 5) is 72.2. The minimum atomic E-state index is -4.95. The number of esters is 4. The molecule has 0 aliphatic heterocycles. The third kappa shape index (κ3) is 64.8. The number of hydrogen-bond donors (Lipinski definition) is 3. The van der Waals surface area contributed by atoms with E-state index in [4.69, 9.17) is 37.0 Å². The zero-order chi connectivity index (χ0) is 66.3. The summed E-state index contributed by atoms with van der Waals surface area (Å²) < 4.78 is 68.0. The Balaban J connectivity index is 5.09. The molecule has 0 rings (SSSR count). The molecule has 0 aliphatic rings. The first-order valence-corrected chi connectivity index (χ1v) is 40.1. The minimum Gasteiger partial charge on any atom is -0.462 e. The smallest absolute Gasteiger partial charge is 0.462 e. The summed E-state index contributed by atoms with van der Waals surface area (Å²) in [6, 6.07) is 0. The fourth-order valence-corrected chi connectivity index (χ4v) is 12.4. The van der Waals surface area contributed by atoms with Crippen LogP contribution < -0.4 is 0 Å². The van der Waals surface area contributed by atoms with Gasteiger partial charge in [-0.1, -0.05) is 317 Å². The maximum atomic E-state index is 13.0. The Morgan fingerprint density at radius 3 is 0.756 bits per heavy atom. The van der Waals surface area contributed by atoms with E-state index in [0.29, 0.717) is 25.7 Å². The molecule has 19 heteroatoms. The number of hydrogen-bond acceptors (Lipinski definition) is 15. The summed E-state index contributed by atoms with van der Waals surface area (Å²) in [6.45, 7) is 7.17. The first-order valence-electron chi connectivity index (χ1n) is 37.1. The van der Waals surface area contributed by atoms with Gasteiger partial charge in [-0.15, -0.1) is 0 Å². The number of carbonyl (C=O) groups is 4. The topological polar surface area (TPSA) is 237 Å². The van der Waals surface area contributed by atoms with Gasteiger partial charge < -0.3 is 33.8 Å². The van der Waals surface area contributed by atoms with Gasteiger partial charge in [-0.25, -0.2) is 9.13 Å². The molecule has 0 heterocycles. The van der Waals surface area contributed by atoms with Gasteiger partial charge in [-0.3, -0.25) is 37.3 Å². The van der Waals surface area contributed by atoms with Crippen molar-refractivity contribution in [1.29, 1.82) is 0 Å². The fourth-order valence-electron chi connectivity index (χ4n) is 10.8. The van der Waals surface area contributed by atoms with E-state index in [1.165, 1.54) is 180 Å². The zero-order valence-corrected chi connectivity index (χ0v) is 60.1. The first kappa shape index (κ1) is 88.1. The van der Waals surface area contributed by atoms with E-state index in [1.807, 2.05) is 0 Å². The number of unbranched alkanes of at least 4 members (excludes halogenated alkanes) is 43. The van der Waals surface area contributed by atoms with Gasteiger partial charge in [0.1, 0.15) is 19.3 Å². The number of ether oxygens (including phenoxy) is 4. The van der Waals surface area contributed by atoms with Crippen molar-refractivity contribution >= 4 is 39.5 Å². The van der Waals surface area contributed by atoms with Crippen LogP contribution in [-0.4, -0.2) is 96.7 Å². The lowest BCUT2D eigenvalue weighted by atomic mass is 10.0. The standard InChI is InChI=1S/C71H138O17P2/c1-6-9-12-15-17-19-20-21-22-28-31-34-37-41-45-50-55-69(74)82-61-67(88-71(76)57-52-47-42-38-35-32-29-26-24-23-25-27-30-33-36-39-44-48-53-64(4)5)63-86-90(79,80)84-59-65(72)58-83-89(77,78)85-62-66(60-81-68(73)54-49-43-14-11-8-3)87-70(75)56-51-46-40-18-16-13-10-7-2/h64-67,72H,6-63H2,1-5H3,(H,77,78)(H,79,80)/t65-,66+,67+/m0/s1. The van der Waals surface area contributed by atoms with Crippen LogP contribution in [0.5, 0.6) is 0 Å². The average molecular weight is 1330 g/mol. The Hall–Kier alpha value is -1.94. The van der Waals surface area contributed by atoms with Crippen molar-refractivity contribution in [2.45, 2.75) is 387 Å². The van der Waals surface area contributed by atoms with E-state index in [2.05, 4.69) is 34.6 Å². The van der Waals surface area contributed by atoms with Gasteiger partial charge in [0, 0.05) is 25.7 Å².